The van der Waals surface area contributed by atoms with Crippen molar-refractivity contribution in [3.8, 4) is 0 Å². The van der Waals surface area contributed by atoms with Crippen LogP contribution < -0.4 is 10.6 Å². The van der Waals surface area contributed by atoms with Crippen molar-refractivity contribution in [2.75, 3.05) is 6.54 Å². The van der Waals surface area contributed by atoms with E-state index in [4.69, 9.17) is 0 Å². The Hall–Kier alpha value is -1.06. The van der Waals surface area contributed by atoms with Crippen LogP contribution in [0, 0.1) is 0 Å². The number of urea groups is 1. The minimum atomic E-state index is -0.411. The van der Waals surface area contributed by atoms with E-state index < -0.39 is 6.03 Å². The van der Waals surface area contributed by atoms with Crippen molar-refractivity contribution in [3.05, 3.63) is 0 Å². The SMILES string of the molecule is CCCCNC(=O)NC(C)=O. The summed E-state index contributed by atoms with van der Waals surface area (Å²) in [5.41, 5.74) is 0. The highest BCUT2D eigenvalue weighted by atomic mass is 16.2. The standard InChI is InChI=1S/C7H14N2O2/c1-3-4-5-8-7(11)9-6(2)10/h3-5H2,1-2H3,(H2,8,9,10,11). The number of hydrogen-bond acceptors (Lipinski definition) is 2. The van der Waals surface area contributed by atoms with Gasteiger partial charge in [0.25, 0.3) is 0 Å². The van der Waals surface area contributed by atoms with Crippen molar-refractivity contribution >= 4 is 11.9 Å². The highest BCUT2D eigenvalue weighted by Crippen LogP contribution is 1.81. The van der Waals surface area contributed by atoms with Gasteiger partial charge >= 0.3 is 6.03 Å². The van der Waals surface area contributed by atoms with Gasteiger partial charge in [0.2, 0.25) is 5.91 Å². The second-order valence-electron chi connectivity index (χ2n) is 2.29. The van der Waals surface area contributed by atoms with Crippen molar-refractivity contribution < 1.29 is 9.59 Å². The first-order chi connectivity index (χ1) is 5.16. The Morgan fingerprint density at radius 3 is 2.45 bits per heavy atom. The number of amides is 3. The molecule has 2 N–H and O–H groups in total. The molecule has 4 heteroatoms. The molecule has 11 heavy (non-hydrogen) atoms. The van der Waals surface area contributed by atoms with Gasteiger partial charge in [0.05, 0.1) is 0 Å². The zero-order valence-electron chi connectivity index (χ0n) is 6.94. The maximum Gasteiger partial charge on any atom is 0.321 e. The molecule has 4 nitrogen and oxygen atoms in total. The van der Waals surface area contributed by atoms with Gasteiger partial charge in [-0.1, -0.05) is 13.3 Å². The summed E-state index contributed by atoms with van der Waals surface area (Å²) in [6, 6.07) is -0.411. The van der Waals surface area contributed by atoms with Gasteiger partial charge in [-0.25, -0.2) is 4.79 Å². The van der Waals surface area contributed by atoms with Crippen LogP contribution in [0.25, 0.3) is 0 Å². The highest BCUT2D eigenvalue weighted by molar-refractivity contribution is 5.92. The van der Waals surface area contributed by atoms with E-state index in [-0.39, 0.29) is 5.91 Å². The molecule has 0 heterocycles. The normalized spacial score (nSPS) is 8.91. The molecule has 3 amide bonds. The minimum absolute atomic E-state index is 0.334. The van der Waals surface area contributed by atoms with Gasteiger partial charge in [-0.3, -0.25) is 10.1 Å². The molecule has 64 valence electrons. The Bertz CT molecular complexity index is 145. The van der Waals surface area contributed by atoms with Crippen LogP contribution in [-0.4, -0.2) is 18.5 Å². The third-order valence-corrected chi connectivity index (χ3v) is 1.11. The average Bonchev–Trinajstić information content (AvgIpc) is 1.86. The molecule has 0 aliphatic rings. The van der Waals surface area contributed by atoms with E-state index in [9.17, 15) is 9.59 Å². The molecular weight excluding hydrogens is 144 g/mol. The van der Waals surface area contributed by atoms with E-state index in [1.54, 1.807) is 0 Å². The van der Waals surface area contributed by atoms with Crippen LogP contribution in [0.2, 0.25) is 0 Å². The van der Waals surface area contributed by atoms with Gasteiger partial charge in [-0.05, 0) is 6.42 Å². The zero-order valence-corrected chi connectivity index (χ0v) is 6.94. The zero-order chi connectivity index (χ0) is 8.69. The summed E-state index contributed by atoms with van der Waals surface area (Å²) in [5.74, 6) is -0.334. The van der Waals surface area contributed by atoms with Crippen LogP contribution in [0.1, 0.15) is 26.7 Å². The third-order valence-electron chi connectivity index (χ3n) is 1.11. The molecular formula is C7H14N2O2. The quantitative estimate of drug-likeness (QED) is 0.592. The lowest BCUT2D eigenvalue weighted by atomic mass is 10.3. The molecule has 0 rings (SSSR count). The molecule has 0 saturated heterocycles. The van der Waals surface area contributed by atoms with Gasteiger partial charge in [-0.2, -0.15) is 0 Å². The first-order valence-electron chi connectivity index (χ1n) is 3.72. The molecule has 0 unspecified atom stereocenters. The summed E-state index contributed by atoms with van der Waals surface area (Å²) in [6.45, 7) is 3.96. The van der Waals surface area contributed by atoms with E-state index in [0.717, 1.165) is 12.8 Å². The topological polar surface area (TPSA) is 58.2 Å². The van der Waals surface area contributed by atoms with Crippen LogP contribution in [0.15, 0.2) is 0 Å². The number of carbonyl (C=O) groups excluding carboxylic acids is 2. The second-order valence-corrected chi connectivity index (χ2v) is 2.29. The lowest BCUT2D eigenvalue weighted by molar-refractivity contribution is -0.117. The summed E-state index contributed by atoms with van der Waals surface area (Å²) >= 11 is 0. The Kier molecular flexibility index (Phi) is 5.15. The number of unbranched alkanes of at least 4 members (excludes halogenated alkanes) is 1. The van der Waals surface area contributed by atoms with Crippen molar-refractivity contribution in [1.29, 1.82) is 0 Å². The summed E-state index contributed by atoms with van der Waals surface area (Å²) in [5, 5.41) is 4.66. The molecule has 0 aromatic rings. The van der Waals surface area contributed by atoms with Crippen molar-refractivity contribution in [2.24, 2.45) is 0 Å². The van der Waals surface area contributed by atoms with E-state index in [2.05, 4.69) is 10.6 Å². The third kappa shape index (κ3) is 6.83. The summed E-state index contributed by atoms with van der Waals surface area (Å²) in [4.78, 5) is 21.0. The van der Waals surface area contributed by atoms with Gasteiger partial charge in [0.15, 0.2) is 0 Å². The van der Waals surface area contributed by atoms with E-state index in [1.165, 1.54) is 6.92 Å². The van der Waals surface area contributed by atoms with E-state index in [1.807, 2.05) is 6.92 Å². The predicted octanol–water partition coefficient (Wildman–Crippen LogP) is 0.632. The van der Waals surface area contributed by atoms with Crippen LogP contribution >= 0.6 is 0 Å². The second kappa shape index (κ2) is 5.70. The Labute approximate surface area is 66.4 Å². The van der Waals surface area contributed by atoms with E-state index >= 15 is 0 Å². The van der Waals surface area contributed by atoms with Crippen LogP contribution in [0.4, 0.5) is 4.79 Å². The molecule has 0 radical (unpaired) electrons. The fourth-order valence-corrected chi connectivity index (χ4v) is 0.583. The Morgan fingerprint density at radius 2 is 2.00 bits per heavy atom. The van der Waals surface area contributed by atoms with Crippen molar-refractivity contribution in [3.63, 3.8) is 0 Å². The Morgan fingerprint density at radius 1 is 1.36 bits per heavy atom. The van der Waals surface area contributed by atoms with Crippen LogP contribution in [0.5, 0.6) is 0 Å². The number of rotatable bonds is 3. The Balaban J connectivity index is 3.30. The first-order valence-corrected chi connectivity index (χ1v) is 3.72. The van der Waals surface area contributed by atoms with Gasteiger partial charge in [0.1, 0.15) is 0 Å². The van der Waals surface area contributed by atoms with Crippen molar-refractivity contribution in [2.45, 2.75) is 26.7 Å². The van der Waals surface area contributed by atoms with Crippen molar-refractivity contribution in [1.82, 2.24) is 10.6 Å². The number of carbonyl (C=O) groups is 2. The highest BCUT2D eigenvalue weighted by Gasteiger charge is 1.99. The van der Waals surface area contributed by atoms with E-state index in [0.29, 0.717) is 6.54 Å². The molecule has 0 fully saturated rings. The molecule has 0 spiro atoms. The predicted molar refractivity (Wildman–Crippen MR) is 42.1 cm³/mol. The number of nitrogens with one attached hydrogen (secondary N) is 2. The maximum atomic E-state index is 10.7. The van der Waals surface area contributed by atoms with Gasteiger partial charge < -0.3 is 5.32 Å². The molecule has 0 aliphatic carbocycles. The lowest BCUT2D eigenvalue weighted by Crippen LogP contribution is -2.38. The summed E-state index contributed by atoms with van der Waals surface area (Å²) in [6.07, 6.45) is 1.96. The molecule has 0 aromatic carbocycles. The summed E-state index contributed by atoms with van der Waals surface area (Å²) < 4.78 is 0. The monoisotopic (exact) mass is 158 g/mol. The summed E-state index contributed by atoms with van der Waals surface area (Å²) in [7, 11) is 0. The number of hydrogen-bond donors (Lipinski definition) is 2. The molecule has 0 aromatic heterocycles. The molecule has 0 bridgehead atoms. The lowest BCUT2D eigenvalue weighted by Gasteiger charge is -2.02. The largest absolute Gasteiger partial charge is 0.338 e. The molecule has 0 saturated carbocycles. The molecule has 0 atom stereocenters. The fraction of sp³-hybridized carbons (Fsp3) is 0.714. The first kappa shape index (κ1) is 9.94. The fourth-order valence-electron chi connectivity index (χ4n) is 0.583. The smallest absolute Gasteiger partial charge is 0.321 e. The van der Waals surface area contributed by atoms with Crippen LogP contribution in [-0.2, 0) is 4.79 Å². The maximum absolute atomic E-state index is 10.7. The van der Waals surface area contributed by atoms with Gasteiger partial charge in [0, 0.05) is 13.5 Å². The average molecular weight is 158 g/mol. The molecule has 0 aliphatic heterocycles. The minimum Gasteiger partial charge on any atom is -0.338 e. The van der Waals surface area contributed by atoms with Crippen LogP contribution in [0.3, 0.4) is 0 Å². The van der Waals surface area contributed by atoms with Gasteiger partial charge in [-0.15, -0.1) is 0 Å². The number of imide groups is 1.